The Morgan fingerprint density at radius 2 is 1.43 bits per heavy atom. The number of phenolic OH excluding ortho intramolecular Hbond substituents is 1. The number of phenols is 1. The second-order valence-electron chi connectivity index (χ2n) is 6.52. The number of carboxylic acid groups (broad SMARTS) is 1. The largest absolute Gasteiger partial charge is 0.508 e. The molecule has 1 aromatic carbocycles. The molecule has 4 unspecified atom stereocenters. The third kappa shape index (κ3) is 7.23. The van der Waals surface area contributed by atoms with Crippen molar-refractivity contribution in [1.29, 1.82) is 0 Å². The van der Waals surface area contributed by atoms with Crippen LogP contribution in [0.15, 0.2) is 24.3 Å². The van der Waals surface area contributed by atoms with Crippen molar-refractivity contribution in [3.63, 3.8) is 0 Å². The summed E-state index contributed by atoms with van der Waals surface area (Å²) in [7, 11) is 0. The number of nitrogens with two attached hydrogens (primary N) is 1. The minimum atomic E-state index is -1.22. The molecule has 4 atom stereocenters. The van der Waals surface area contributed by atoms with Crippen LogP contribution in [0.2, 0.25) is 0 Å². The standard InChI is InChI=1S/C18H26N4O6/c1-9(19)15(24)20-10(2)16(25)22-14(17(26)21-11(3)18(27)28)8-12-4-6-13(23)7-5-12/h4-7,9-11,14,23H,8,19H2,1-3H3,(H,20,24)(H,21,26)(H,22,25)(H,27,28). The number of aliphatic carboxylic acids is 1. The summed E-state index contributed by atoms with van der Waals surface area (Å²) in [6.45, 7) is 4.20. The quantitative estimate of drug-likeness (QED) is 0.307. The van der Waals surface area contributed by atoms with Gasteiger partial charge >= 0.3 is 5.97 Å². The van der Waals surface area contributed by atoms with E-state index in [2.05, 4.69) is 16.0 Å². The Bertz CT molecular complexity index is 719. The Labute approximate surface area is 162 Å². The van der Waals surface area contributed by atoms with Gasteiger partial charge in [-0.1, -0.05) is 12.1 Å². The van der Waals surface area contributed by atoms with Crippen LogP contribution in [0.5, 0.6) is 5.75 Å². The predicted molar refractivity (Wildman–Crippen MR) is 100 cm³/mol. The lowest BCUT2D eigenvalue weighted by atomic mass is 10.0. The summed E-state index contributed by atoms with van der Waals surface area (Å²) in [5, 5.41) is 25.6. The number of amides is 3. The van der Waals surface area contributed by atoms with Crippen molar-refractivity contribution in [1.82, 2.24) is 16.0 Å². The van der Waals surface area contributed by atoms with Crippen LogP contribution < -0.4 is 21.7 Å². The van der Waals surface area contributed by atoms with Gasteiger partial charge in [0, 0.05) is 6.42 Å². The molecular formula is C18H26N4O6. The van der Waals surface area contributed by atoms with Gasteiger partial charge in [0.15, 0.2) is 0 Å². The zero-order valence-electron chi connectivity index (χ0n) is 15.9. The van der Waals surface area contributed by atoms with Crippen molar-refractivity contribution in [2.45, 2.75) is 51.4 Å². The molecule has 0 aliphatic heterocycles. The van der Waals surface area contributed by atoms with Crippen LogP contribution >= 0.6 is 0 Å². The number of carbonyl (C=O) groups excluding carboxylic acids is 3. The van der Waals surface area contributed by atoms with Gasteiger partial charge in [-0.3, -0.25) is 19.2 Å². The fraction of sp³-hybridized carbons (Fsp3) is 0.444. The van der Waals surface area contributed by atoms with E-state index in [9.17, 15) is 24.3 Å². The van der Waals surface area contributed by atoms with Crippen LogP contribution in [0.25, 0.3) is 0 Å². The van der Waals surface area contributed by atoms with Gasteiger partial charge in [0.25, 0.3) is 0 Å². The molecule has 0 saturated heterocycles. The van der Waals surface area contributed by atoms with Crippen molar-refractivity contribution in [3.05, 3.63) is 29.8 Å². The van der Waals surface area contributed by atoms with Crippen molar-refractivity contribution in [2.24, 2.45) is 5.73 Å². The summed E-state index contributed by atoms with van der Waals surface area (Å²) in [5.74, 6) is -3.03. The minimum absolute atomic E-state index is 0.0422. The van der Waals surface area contributed by atoms with Gasteiger partial charge in [-0.15, -0.1) is 0 Å². The van der Waals surface area contributed by atoms with E-state index >= 15 is 0 Å². The molecule has 0 fully saturated rings. The topological polar surface area (TPSA) is 171 Å². The first-order chi connectivity index (χ1) is 13.0. The normalized spacial score (nSPS) is 14.9. The first-order valence-electron chi connectivity index (χ1n) is 8.68. The maximum Gasteiger partial charge on any atom is 0.325 e. The van der Waals surface area contributed by atoms with Crippen LogP contribution in [0, 0.1) is 0 Å². The maximum absolute atomic E-state index is 12.5. The molecule has 0 heterocycles. The smallest absolute Gasteiger partial charge is 0.325 e. The Morgan fingerprint density at radius 1 is 0.893 bits per heavy atom. The summed E-state index contributed by atoms with van der Waals surface area (Å²) >= 11 is 0. The molecule has 1 aromatic rings. The third-order valence-electron chi connectivity index (χ3n) is 3.90. The molecule has 0 bridgehead atoms. The molecule has 0 saturated carbocycles. The van der Waals surface area contributed by atoms with E-state index < -0.39 is 47.9 Å². The summed E-state index contributed by atoms with van der Waals surface area (Å²) in [5.41, 5.74) is 6.08. The van der Waals surface area contributed by atoms with Crippen LogP contribution in [-0.4, -0.2) is 58.1 Å². The van der Waals surface area contributed by atoms with Gasteiger partial charge in [-0.2, -0.15) is 0 Å². The molecule has 0 aliphatic carbocycles. The molecule has 0 aliphatic rings. The monoisotopic (exact) mass is 394 g/mol. The lowest BCUT2D eigenvalue weighted by molar-refractivity contribution is -0.141. The fourth-order valence-corrected chi connectivity index (χ4v) is 2.16. The Kier molecular flexibility index (Phi) is 8.39. The van der Waals surface area contributed by atoms with Gasteiger partial charge < -0.3 is 31.9 Å². The van der Waals surface area contributed by atoms with E-state index in [0.29, 0.717) is 5.56 Å². The average Bonchev–Trinajstić information content (AvgIpc) is 2.62. The number of hydrogen-bond donors (Lipinski definition) is 6. The van der Waals surface area contributed by atoms with Gasteiger partial charge in [-0.25, -0.2) is 0 Å². The maximum atomic E-state index is 12.5. The number of aromatic hydroxyl groups is 1. The van der Waals surface area contributed by atoms with Crippen molar-refractivity contribution < 1.29 is 29.4 Å². The molecule has 3 amide bonds. The van der Waals surface area contributed by atoms with Crippen LogP contribution in [0.1, 0.15) is 26.3 Å². The SMILES string of the molecule is CC(N)C(=O)NC(C)C(=O)NC(Cc1ccc(O)cc1)C(=O)NC(C)C(=O)O. The van der Waals surface area contributed by atoms with Gasteiger partial charge in [0.05, 0.1) is 6.04 Å². The molecule has 28 heavy (non-hydrogen) atoms. The summed E-state index contributed by atoms with van der Waals surface area (Å²) < 4.78 is 0. The highest BCUT2D eigenvalue weighted by Crippen LogP contribution is 2.11. The second kappa shape index (κ2) is 10.3. The lowest BCUT2D eigenvalue weighted by Gasteiger charge is -2.23. The molecule has 1 rings (SSSR count). The summed E-state index contributed by atoms with van der Waals surface area (Å²) in [4.78, 5) is 47.5. The molecule has 0 aromatic heterocycles. The molecule has 0 spiro atoms. The van der Waals surface area contributed by atoms with Crippen LogP contribution in [0.3, 0.4) is 0 Å². The average molecular weight is 394 g/mol. The van der Waals surface area contributed by atoms with E-state index in [1.54, 1.807) is 12.1 Å². The number of carbonyl (C=O) groups is 4. The highest BCUT2D eigenvalue weighted by Gasteiger charge is 2.27. The summed E-state index contributed by atoms with van der Waals surface area (Å²) in [6, 6.07) is 2.01. The van der Waals surface area contributed by atoms with Crippen LogP contribution in [0.4, 0.5) is 0 Å². The van der Waals surface area contributed by atoms with Crippen molar-refractivity contribution in [3.8, 4) is 5.75 Å². The van der Waals surface area contributed by atoms with Crippen molar-refractivity contribution in [2.75, 3.05) is 0 Å². The number of hydrogen-bond acceptors (Lipinski definition) is 6. The molecular weight excluding hydrogens is 368 g/mol. The summed E-state index contributed by atoms with van der Waals surface area (Å²) in [6.07, 6.45) is 0.0537. The van der Waals surface area contributed by atoms with E-state index in [0.717, 1.165) is 0 Å². The third-order valence-corrected chi connectivity index (χ3v) is 3.90. The van der Waals surface area contributed by atoms with Crippen LogP contribution in [-0.2, 0) is 25.6 Å². The zero-order chi connectivity index (χ0) is 21.4. The molecule has 154 valence electrons. The van der Waals surface area contributed by atoms with Crippen molar-refractivity contribution >= 4 is 23.7 Å². The van der Waals surface area contributed by atoms with E-state index in [4.69, 9.17) is 10.8 Å². The number of carboxylic acids is 1. The number of benzene rings is 1. The lowest BCUT2D eigenvalue weighted by Crippen LogP contribution is -2.56. The Morgan fingerprint density at radius 3 is 1.93 bits per heavy atom. The number of nitrogens with one attached hydrogen (secondary N) is 3. The van der Waals surface area contributed by atoms with Gasteiger partial charge in [-0.05, 0) is 38.5 Å². The highest BCUT2D eigenvalue weighted by molar-refractivity contribution is 5.93. The minimum Gasteiger partial charge on any atom is -0.508 e. The van der Waals surface area contributed by atoms with E-state index in [-0.39, 0.29) is 12.2 Å². The van der Waals surface area contributed by atoms with Gasteiger partial charge in [0.2, 0.25) is 17.7 Å². The second-order valence-corrected chi connectivity index (χ2v) is 6.52. The van der Waals surface area contributed by atoms with E-state index in [1.807, 2.05) is 0 Å². The fourth-order valence-electron chi connectivity index (χ4n) is 2.16. The predicted octanol–water partition coefficient (Wildman–Crippen LogP) is -1.14. The molecule has 10 nitrogen and oxygen atoms in total. The molecule has 0 radical (unpaired) electrons. The molecule has 10 heteroatoms. The first kappa shape index (κ1) is 22.9. The van der Waals surface area contributed by atoms with Gasteiger partial charge in [0.1, 0.15) is 23.9 Å². The Balaban J connectivity index is 2.91. The zero-order valence-corrected chi connectivity index (χ0v) is 15.9. The molecule has 7 N–H and O–H groups in total. The van der Waals surface area contributed by atoms with E-state index in [1.165, 1.54) is 32.9 Å². The number of rotatable bonds is 9. The highest BCUT2D eigenvalue weighted by atomic mass is 16.4. The Hall–Kier alpha value is -3.14. The first-order valence-corrected chi connectivity index (χ1v) is 8.68.